The predicted octanol–water partition coefficient (Wildman–Crippen LogP) is 3.86. The smallest absolute Gasteiger partial charge is 0.392 e. The third kappa shape index (κ3) is 2.25. The van der Waals surface area contributed by atoms with Gasteiger partial charge in [-0.05, 0) is 55.8 Å². The molecule has 0 aliphatic heterocycles. The fourth-order valence-electron chi connectivity index (χ4n) is 5.02. The number of alkyl halides is 3. The van der Waals surface area contributed by atoms with Crippen LogP contribution < -0.4 is 0 Å². The molecule has 4 rings (SSSR count). The van der Waals surface area contributed by atoms with Crippen LogP contribution >= 0.6 is 0 Å². The second-order valence-electron chi connectivity index (χ2n) is 6.68. The van der Waals surface area contributed by atoms with Gasteiger partial charge in [0.25, 0.3) is 0 Å². The molecule has 4 aliphatic rings. The van der Waals surface area contributed by atoms with Crippen molar-refractivity contribution < 1.29 is 22.7 Å². The first kappa shape index (κ1) is 14.0. The first-order valence-electron chi connectivity index (χ1n) is 7.24. The van der Waals surface area contributed by atoms with Crippen molar-refractivity contribution in [3.63, 3.8) is 0 Å². The van der Waals surface area contributed by atoms with E-state index in [2.05, 4.69) is 6.58 Å². The van der Waals surface area contributed by atoms with Crippen molar-refractivity contribution in [3.8, 4) is 0 Å². The number of carbonyl (C=O) groups is 1. The molecule has 0 aromatic carbocycles. The van der Waals surface area contributed by atoms with Gasteiger partial charge in [-0.25, -0.2) is 4.79 Å². The minimum atomic E-state index is -4.31. The van der Waals surface area contributed by atoms with Crippen molar-refractivity contribution in [2.45, 2.75) is 50.3 Å². The van der Waals surface area contributed by atoms with E-state index in [0.29, 0.717) is 11.8 Å². The lowest BCUT2D eigenvalue weighted by atomic mass is 9.49. The Kier molecular flexibility index (Phi) is 3.14. The standard InChI is InChI=1S/C15H19F3O2/c1-2-13(19)20-14(8-15(16,17)18)11-4-9-3-10(6-11)7-12(14)5-9/h2,9-12H,1,3-8H2. The molecule has 0 radical (unpaired) electrons. The summed E-state index contributed by atoms with van der Waals surface area (Å²) in [5, 5.41) is 0. The molecule has 0 unspecified atom stereocenters. The average molecular weight is 288 g/mol. The van der Waals surface area contributed by atoms with Crippen LogP contribution in [0.15, 0.2) is 12.7 Å². The molecule has 0 atom stereocenters. The highest BCUT2D eigenvalue weighted by Crippen LogP contribution is 2.62. The summed E-state index contributed by atoms with van der Waals surface area (Å²) >= 11 is 0. The third-order valence-corrected chi connectivity index (χ3v) is 5.45. The number of ether oxygens (including phenoxy) is 1. The first-order valence-corrected chi connectivity index (χ1v) is 7.24. The Bertz CT molecular complexity index is 399. The molecular formula is C15H19F3O2. The molecule has 4 bridgehead atoms. The SMILES string of the molecule is C=CC(=O)OC1(CC(F)(F)F)C2CC3CC(C2)CC1C3. The van der Waals surface area contributed by atoms with Crippen molar-refractivity contribution in [3.05, 3.63) is 12.7 Å². The van der Waals surface area contributed by atoms with E-state index >= 15 is 0 Å². The Hall–Kier alpha value is -1.00. The number of rotatable bonds is 3. The zero-order valence-electron chi connectivity index (χ0n) is 11.3. The van der Waals surface area contributed by atoms with Gasteiger partial charge in [0.2, 0.25) is 0 Å². The number of halogens is 3. The lowest BCUT2D eigenvalue weighted by Gasteiger charge is -2.60. The lowest BCUT2D eigenvalue weighted by Crippen LogP contribution is -2.61. The molecule has 0 amide bonds. The van der Waals surface area contributed by atoms with Crippen molar-refractivity contribution in [1.82, 2.24) is 0 Å². The van der Waals surface area contributed by atoms with Gasteiger partial charge in [-0.2, -0.15) is 13.2 Å². The Morgan fingerprint density at radius 1 is 1.15 bits per heavy atom. The van der Waals surface area contributed by atoms with Crippen LogP contribution in [0.25, 0.3) is 0 Å². The minimum absolute atomic E-state index is 0.135. The fraction of sp³-hybridized carbons (Fsp3) is 0.800. The van der Waals surface area contributed by atoms with E-state index in [1.54, 1.807) is 0 Å². The molecule has 4 aliphatic carbocycles. The van der Waals surface area contributed by atoms with Crippen LogP contribution in [0, 0.1) is 23.7 Å². The summed E-state index contributed by atoms with van der Waals surface area (Å²) in [6.07, 6.45) is -0.110. The summed E-state index contributed by atoms with van der Waals surface area (Å²) in [6, 6.07) is 0. The Morgan fingerprint density at radius 3 is 2.05 bits per heavy atom. The summed E-state index contributed by atoms with van der Waals surface area (Å²) < 4.78 is 44.5. The van der Waals surface area contributed by atoms with Crippen LogP contribution in [-0.4, -0.2) is 17.7 Å². The zero-order valence-corrected chi connectivity index (χ0v) is 11.3. The second-order valence-corrected chi connectivity index (χ2v) is 6.68. The number of hydrogen-bond acceptors (Lipinski definition) is 2. The lowest BCUT2D eigenvalue weighted by molar-refractivity contribution is -0.250. The van der Waals surface area contributed by atoms with Crippen molar-refractivity contribution in [1.29, 1.82) is 0 Å². The number of carbonyl (C=O) groups excluding carboxylic acids is 1. The number of hydrogen-bond donors (Lipinski definition) is 0. The van der Waals surface area contributed by atoms with E-state index in [1.807, 2.05) is 0 Å². The number of esters is 1. The topological polar surface area (TPSA) is 26.3 Å². The molecule has 2 nitrogen and oxygen atoms in total. The van der Waals surface area contributed by atoms with Crippen molar-refractivity contribution in [2.24, 2.45) is 23.7 Å². The monoisotopic (exact) mass is 288 g/mol. The summed E-state index contributed by atoms with van der Waals surface area (Å²) in [5.74, 6) is 0.0675. The fourth-order valence-corrected chi connectivity index (χ4v) is 5.02. The maximum absolute atomic E-state index is 13.0. The van der Waals surface area contributed by atoms with Gasteiger partial charge in [-0.1, -0.05) is 6.58 Å². The highest BCUT2D eigenvalue weighted by molar-refractivity contribution is 5.81. The molecule has 4 saturated carbocycles. The molecule has 4 fully saturated rings. The van der Waals surface area contributed by atoms with Crippen LogP contribution in [-0.2, 0) is 9.53 Å². The summed E-state index contributed by atoms with van der Waals surface area (Å²) in [6.45, 7) is 3.32. The normalized spacial score (nSPS) is 42.5. The van der Waals surface area contributed by atoms with Gasteiger partial charge in [-0.3, -0.25) is 0 Å². The van der Waals surface area contributed by atoms with Crippen LogP contribution in [0.5, 0.6) is 0 Å². The van der Waals surface area contributed by atoms with E-state index in [-0.39, 0.29) is 11.8 Å². The molecule has 0 saturated heterocycles. The van der Waals surface area contributed by atoms with Crippen molar-refractivity contribution >= 4 is 5.97 Å². The Morgan fingerprint density at radius 2 is 1.65 bits per heavy atom. The maximum atomic E-state index is 13.0. The third-order valence-electron chi connectivity index (χ3n) is 5.45. The highest BCUT2D eigenvalue weighted by Gasteiger charge is 2.62. The summed E-state index contributed by atoms with van der Waals surface area (Å²) in [4.78, 5) is 11.6. The van der Waals surface area contributed by atoms with Gasteiger partial charge < -0.3 is 4.74 Å². The van der Waals surface area contributed by atoms with E-state index < -0.39 is 24.2 Å². The van der Waals surface area contributed by atoms with Gasteiger partial charge >= 0.3 is 12.1 Å². The second kappa shape index (κ2) is 4.50. The highest BCUT2D eigenvalue weighted by atomic mass is 19.4. The predicted molar refractivity (Wildman–Crippen MR) is 66.7 cm³/mol. The van der Waals surface area contributed by atoms with Gasteiger partial charge in [0.15, 0.2) is 0 Å². The van der Waals surface area contributed by atoms with E-state index in [0.717, 1.165) is 38.2 Å². The quantitative estimate of drug-likeness (QED) is 0.582. The average Bonchev–Trinajstić information content (AvgIpc) is 2.33. The van der Waals surface area contributed by atoms with Crippen LogP contribution in [0.2, 0.25) is 0 Å². The van der Waals surface area contributed by atoms with Gasteiger partial charge in [0.05, 0.1) is 6.42 Å². The Labute approximate surface area is 116 Å². The Balaban J connectivity index is 1.92. The molecule has 0 aromatic rings. The van der Waals surface area contributed by atoms with Crippen LogP contribution in [0.4, 0.5) is 13.2 Å². The molecule has 0 heterocycles. The largest absolute Gasteiger partial charge is 0.455 e. The van der Waals surface area contributed by atoms with Gasteiger partial charge in [0.1, 0.15) is 5.60 Å². The van der Waals surface area contributed by atoms with Crippen LogP contribution in [0.3, 0.4) is 0 Å². The minimum Gasteiger partial charge on any atom is -0.455 e. The van der Waals surface area contributed by atoms with E-state index in [9.17, 15) is 18.0 Å². The van der Waals surface area contributed by atoms with Gasteiger partial charge in [0, 0.05) is 6.08 Å². The molecular weight excluding hydrogens is 269 g/mol. The van der Waals surface area contributed by atoms with Crippen molar-refractivity contribution in [2.75, 3.05) is 0 Å². The summed E-state index contributed by atoms with van der Waals surface area (Å²) in [5.41, 5.74) is -1.34. The summed E-state index contributed by atoms with van der Waals surface area (Å²) in [7, 11) is 0. The molecule has 20 heavy (non-hydrogen) atoms. The maximum Gasteiger partial charge on any atom is 0.392 e. The first-order chi connectivity index (χ1) is 9.32. The molecule has 0 N–H and O–H groups in total. The van der Waals surface area contributed by atoms with Crippen LogP contribution in [0.1, 0.15) is 38.5 Å². The zero-order chi connectivity index (χ0) is 14.5. The molecule has 0 aromatic heterocycles. The molecule has 0 spiro atoms. The van der Waals surface area contributed by atoms with Gasteiger partial charge in [-0.15, -0.1) is 0 Å². The van der Waals surface area contributed by atoms with E-state index in [1.165, 1.54) is 0 Å². The van der Waals surface area contributed by atoms with E-state index in [4.69, 9.17) is 4.74 Å². The molecule has 112 valence electrons. The molecule has 5 heteroatoms.